The molecular weight excluding hydrogens is 236 g/mol. The summed E-state index contributed by atoms with van der Waals surface area (Å²) in [7, 11) is 0. The maximum absolute atomic E-state index is 11.7. The number of amides is 2. The quantitative estimate of drug-likeness (QED) is 0.879. The smallest absolute Gasteiger partial charge is 0.317 e. The van der Waals surface area contributed by atoms with Gasteiger partial charge in [0.15, 0.2) is 0 Å². The average Bonchev–Trinajstić information content (AvgIpc) is 2.32. The van der Waals surface area contributed by atoms with Gasteiger partial charge in [-0.2, -0.15) is 0 Å². The molecule has 1 aromatic rings. The zero-order valence-electron chi connectivity index (χ0n) is 10.6. The van der Waals surface area contributed by atoms with Crippen molar-refractivity contribution in [1.82, 2.24) is 10.2 Å². The maximum atomic E-state index is 11.7. The van der Waals surface area contributed by atoms with Crippen molar-refractivity contribution in [2.24, 2.45) is 0 Å². The Kier molecular flexibility index (Phi) is 5.29. The number of aryl methyl sites for hydroxylation is 1. The molecule has 0 aliphatic carbocycles. The number of urea groups is 1. The predicted octanol–water partition coefficient (Wildman–Crippen LogP) is 3.20. The summed E-state index contributed by atoms with van der Waals surface area (Å²) in [5.41, 5.74) is 2.06. The summed E-state index contributed by atoms with van der Waals surface area (Å²) in [6.07, 6.45) is 0. The largest absolute Gasteiger partial charge is 0.334 e. The van der Waals surface area contributed by atoms with Crippen LogP contribution in [0.2, 0.25) is 5.02 Å². The minimum Gasteiger partial charge on any atom is -0.334 e. The standard InChI is InChI=1S/C13H19ClN2O/c1-4-16(5-2)13(17)15-9-11-7-6-10(3)12(14)8-11/h6-8H,4-5,9H2,1-3H3,(H,15,17). The lowest BCUT2D eigenvalue weighted by molar-refractivity contribution is 0.203. The Balaban J connectivity index is 2.55. The van der Waals surface area contributed by atoms with E-state index in [2.05, 4.69) is 5.32 Å². The van der Waals surface area contributed by atoms with E-state index in [1.54, 1.807) is 4.90 Å². The van der Waals surface area contributed by atoms with Crippen LogP contribution >= 0.6 is 11.6 Å². The third kappa shape index (κ3) is 3.93. The normalized spacial score (nSPS) is 10.1. The van der Waals surface area contributed by atoms with Crippen LogP contribution in [0.3, 0.4) is 0 Å². The van der Waals surface area contributed by atoms with Crippen molar-refractivity contribution in [1.29, 1.82) is 0 Å². The molecular formula is C13H19ClN2O. The number of nitrogens with one attached hydrogen (secondary N) is 1. The van der Waals surface area contributed by atoms with Crippen molar-refractivity contribution in [2.45, 2.75) is 27.3 Å². The topological polar surface area (TPSA) is 32.3 Å². The third-order valence-electron chi connectivity index (χ3n) is 2.73. The highest BCUT2D eigenvalue weighted by Crippen LogP contribution is 2.16. The van der Waals surface area contributed by atoms with Gasteiger partial charge in [-0.3, -0.25) is 0 Å². The number of halogens is 1. The lowest BCUT2D eigenvalue weighted by Gasteiger charge is -2.19. The van der Waals surface area contributed by atoms with E-state index in [9.17, 15) is 4.79 Å². The van der Waals surface area contributed by atoms with Crippen molar-refractivity contribution in [3.05, 3.63) is 34.3 Å². The van der Waals surface area contributed by atoms with Gasteiger partial charge in [-0.25, -0.2) is 4.79 Å². The van der Waals surface area contributed by atoms with Crippen molar-refractivity contribution < 1.29 is 4.79 Å². The fraction of sp³-hybridized carbons (Fsp3) is 0.462. The van der Waals surface area contributed by atoms with E-state index in [4.69, 9.17) is 11.6 Å². The molecule has 0 fully saturated rings. The van der Waals surface area contributed by atoms with Gasteiger partial charge in [0, 0.05) is 24.7 Å². The van der Waals surface area contributed by atoms with Gasteiger partial charge in [-0.15, -0.1) is 0 Å². The molecule has 94 valence electrons. The van der Waals surface area contributed by atoms with Crippen LogP contribution in [0.15, 0.2) is 18.2 Å². The monoisotopic (exact) mass is 254 g/mol. The zero-order valence-corrected chi connectivity index (χ0v) is 11.3. The van der Waals surface area contributed by atoms with E-state index >= 15 is 0 Å². The zero-order chi connectivity index (χ0) is 12.8. The van der Waals surface area contributed by atoms with Crippen molar-refractivity contribution in [2.75, 3.05) is 13.1 Å². The van der Waals surface area contributed by atoms with Gasteiger partial charge < -0.3 is 10.2 Å². The third-order valence-corrected chi connectivity index (χ3v) is 3.14. The average molecular weight is 255 g/mol. The first kappa shape index (κ1) is 13.8. The van der Waals surface area contributed by atoms with Crippen molar-refractivity contribution in [3.8, 4) is 0 Å². The molecule has 17 heavy (non-hydrogen) atoms. The minimum atomic E-state index is -0.0355. The summed E-state index contributed by atoms with van der Waals surface area (Å²) in [5.74, 6) is 0. The molecule has 0 saturated heterocycles. The molecule has 1 aromatic carbocycles. The van der Waals surface area contributed by atoms with Crippen LogP contribution in [0.25, 0.3) is 0 Å². The minimum absolute atomic E-state index is 0.0355. The summed E-state index contributed by atoms with van der Waals surface area (Å²) >= 11 is 6.02. The first-order valence-corrected chi connectivity index (χ1v) is 6.24. The summed E-state index contributed by atoms with van der Waals surface area (Å²) < 4.78 is 0. The number of carbonyl (C=O) groups excluding carboxylic acids is 1. The van der Waals surface area contributed by atoms with Crippen LogP contribution in [0.1, 0.15) is 25.0 Å². The van der Waals surface area contributed by atoms with Gasteiger partial charge >= 0.3 is 6.03 Å². The molecule has 0 atom stereocenters. The Morgan fingerprint density at radius 3 is 2.53 bits per heavy atom. The van der Waals surface area contributed by atoms with Gasteiger partial charge in [0.1, 0.15) is 0 Å². The number of carbonyl (C=O) groups is 1. The Hall–Kier alpha value is -1.22. The van der Waals surface area contributed by atoms with Gasteiger partial charge in [0.25, 0.3) is 0 Å². The second-order valence-corrected chi connectivity index (χ2v) is 4.32. The Morgan fingerprint density at radius 2 is 2.00 bits per heavy atom. The van der Waals surface area contributed by atoms with E-state index < -0.39 is 0 Å². The molecule has 4 heteroatoms. The molecule has 0 bridgehead atoms. The fourth-order valence-corrected chi connectivity index (χ4v) is 1.75. The molecule has 0 unspecified atom stereocenters. The second-order valence-electron chi connectivity index (χ2n) is 3.91. The molecule has 1 N–H and O–H groups in total. The summed E-state index contributed by atoms with van der Waals surface area (Å²) in [5, 5.41) is 3.61. The fourth-order valence-electron chi connectivity index (χ4n) is 1.55. The molecule has 2 amide bonds. The van der Waals surface area contributed by atoms with Gasteiger partial charge in [-0.05, 0) is 38.0 Å². The number of benzene rings is 1. The number of nitrogens with zero attached hydrogens (tertiary/aromatic N) is 1. The first-order valence-electron chi connectivity index (χ1n) is 5.86. The number of hydrogen-bond donors (Lipinski definition) is 1. The highest BCUT2D eigenvalue weighted by molar-refractivity contribution is 6.31. The number of hydrogen-bond acceptors (Lipinski definition) is 1. The highest BCUT2D eigenvalue weighted by Gasteiger charge is 2.08. The van der Waals surface area contributed by atoms with E-state index in [1.165, 1.54) is 0 Å². The molecule has 0 radical (unpaired) electrons. The lowest BCUT2D eigenvalue weighted by Crippen LogP contribution is -2.39. The summed E-state index contributed by atoms with van der Waals surface area (Å²) in [4.78, 5) is 13.5. The van der Waals surface area contributed by atoms with E-state index in [1.807, 2.05) is 39.0 Å². The summed E-state index contributed by atoms with van der Waals surface area (Å²) in [6.45, 7) is 7.83. The SMILES string of the molecule is CCN(CC)C(=O)NCc1ccc(C)c(Cl)c1. The van der Waals surface area contributed by atoms with Gasteiger partial charge in [0.05, 0.1) is 0 Å². The maximum Gasteiger partial charge on any atom is 0.317 e. The van der Waals surface area contributed by atoms with Gasteiger partial charge in [0.2, 0.25) is 0 Å². The van der Waals surface area contributed by atoms with Crippen LogP contribution in [-0.2, 0) is 6.54 Å². The molecule has 3 nitrogen and oxygen atoms in total. The Bertz CT molecular complexity index is 389. The van der Waals surface area contributed by atoms with Crippen molar-refractivity contribution >= 4 is 17.6 Å². The molecule has 0 heterocycles. The van der Waals surface area contributed by atoms with E-state index in [0.29, 0.717) is 6.54 Å². The van der Waals surface area contributed by atoms with Crippen LogP contribution in [0.5, 0.6) is 0 Å². The molecule has 1 rings (SSSR count). The molecule has 0 aliphatic heterocycles. The molecule has 0 saturated carbocycles. The number of rotatable bonds is 4. The first-order chi connectivity index (χ1) is 8.08. The molecule has 0 aliphatic rings. The summed E-state index contributed by atoms with van der Waals surface area (Å²) in [6, 6.07) is 5.79. The van der Waals surface area contributed by atoms with E-state index in [-0.39, 0.29) is 6.03 Å². The van der Waals surface area contributed by atoms with E-state index in [0.717, 1.165) is 29.2 Å². The van der Waals surface area contributed by atoms with Gasteiger partial charge in [-0.1, -0.05) is 23.7 Å². The van der Waals surface area contributed by atoms with Crippen LogP contribution < -0.4 is 5.32 Å². The molecule has 0 aromatic heterocycles. The van der Waals surface area contributed by atoms with Crippen LogP contribution in [0.4, 0.5) is 4.79 Å². The Labute approximate surface area is 108 Å². The van der Waals surface area contributed by atoms with Crippen LogP contribution in [-0.4, -0.2) is 24.0 Å². The van der Waals surface area contributed by atoms with Crippen molar-refractivity contribution in [3.63, 3.8) is 0 Å². The highest BCUT2D eigenvalue weighted by atomic mass is 35.5. The second kappa shape index (κ2) is 6.50. The van der Waals surface area contributed by atoms with Crippen LogP contribution in [0, 0.1) is 6.92 Å². The predicted molar refractivity (Wildman–Crippen MR) is 71.3 cm³/mol. The Morgan fingerprint density at radius 1 is 1.35 bits per heavy atom. The lowest BCUT2D eigenvalue weighted by atomic mass is 10.1. The molecule has 0 spiro atoms.